The van der Waals surface area contributed by atoms with Gasteiger partial charge in [0.15, 0.2) is 11.2 Å². The first-order chi connectivity index (χ1) is 18.7. The first kappa shape index (κ1) is 26.1. The number of aromatic nitrogens is 1. The highest BCUT2D eigenvalue weighted by Crippen LogP contribution is 2.69. The summed E-state index contributed by atoms with van der Waals surface area (Å²) in [4.78, 5) is 6.35. The number of alkyl halides is 3. The molecule has 0 bridgehead atoms. The number of methoxy groups -OCH3 is 1. The number of fused-ring (bicyclic) bond motifs is 3. The van der Waals surface area contributed by atoms with Crippen molar-refractivity contribution >= 4 is 0 Å². The maximum atomic E-state index is 13.5. The van der Waals surface area contributed by atoms with Gasteiger partial charge >= 0.3 is 6.18 Å². The largest absolute Gasteiger partial charge is 0.495 e. The number of aliphatic hydroxyl groups excluding tert-OH is 1. The normalized spacial score (nSPS) is 30.5. The fraction of sp³-hybridized carbons (Fsp3) is 0.414. The van der Waals surface area contributed by atoms with E-state index in [1.54, 1.807) is 0 Å². The van der Waals surface area contributed by atoms with Crippen molar-refractivity contribution in [2.45, 2.75) is 29.4 Å². The van der Waals surface area contributed by atoms with E-state index in [2.05, 4.69) is 9.88 Å². The zero-order valence-corrected chi connectivity index (χ0v) is 21.3. The molecule has 39 heavy (non-hydrogen) atoms. The maximum Gasteiger partial charge on any atom is 0.416 e. The first-order valence-electron chi connectivity index (χ1n) is 12.9. The minimum absolute atomic E-state index is 0.210. The van der Waals surface area contributed by atoms with Crippen LogP contribution < -0.4 is 9.47 Å². The number of aliphatic hydroxyl groups is 2. The molecule has 7 nitrogen and oxygen atoms in total. The Morgan fingerprint density at radius 2 is 1.74 bits per heavy atom. The van der Waals surface area contributed by atoms with Gasteiger partial charge in [-0.25, -0.2) is 0 Å². The molecule has 2 aromatic carbocycles. The van der Waals surface area contributed by atoms with E-state index in [0.29, 0.717) is 38.4 Å². The monoisotopic (exact) mass is 542 g/mol. The number of rotatable bonds is 5. The molecular weight excluding hydrogens is 513 g/mol. The average molecular weight is 543 g/mol. The molecule has 1 saturated carbocycles. The molecule has 2 aliphatic heterocycles. The van der Waals surface area contributed by atoms with Gasteiger partial charge in [0.25, 0.3) is 0 Å². The smallest absolute Gasteiger partial charge is 0.416 e. The van der Waals surface area contributed by atoms with Crippen LogP contribution in [-0.2, 0) is 22.1 Å². The lowest BCUT2D eigenvalue weighted by Gasteiger charge is -2.41. The van der Waals surface area contributed by atoms with Crippen molar-refractivity contribution in [2.24, 2.45) is 5.92 Å². The van der Waals surface area contributed by atoms with Crippen LogP contribution in [-0.4, -0.2) is 66.2 Å². The summed E-state index contributed by atoms with van der Waals surface area (Å²) in [6, 6.07) is 14.0. The van der Waals surface area contributed by atoms with Gasteiger partial charge in [-0.1, -0.05) is 42.5 Å². The highest BCUT2D eigenvalue weighted by atomic mass is 19.4. The molecule has 6 rings (SSSR count). The molecule has 5 atom stereocenters. The summed E-state index contributed by atoms with van der Waals surface area (Å²) in [5.74, 6) is -0.762. The Morgan fingerprint density at radius 1 is 1.05 bits per heavy atom. The Labute approximate surface area is 223 Å². The summed E-state index contributed by atoms with van der Waals surface area (Å²) in [5.41, 5.74) is -3.22. The quantitative estimate of drug-likeness (QED) is 0.509. The number of pyridine rings is 1. The number of nitrogens with zero attached hydrogens (tertiary/aromatic N) is 2. The van der Waals surface area contributed by atoms with Crippen LogP contribution in [0.4, 0.5) is 13.2 Å². The molecule has 1 aromatic heterocycles. The molecule has 206 valence electrons. The third-order valence-electron chi connectivity index (χ3n) is 8.39. The molecule has 1 aliphatic carbocycles. The second-order valence-electron chi connectivity index (χ2n) is 10.3. The molecule has 0 radical (unpaired) electrons. The lowest BCUT2D eigenvalue weighted by Crippen LogP contribution is -2.52. The van der Waals surface area contributed by atoms with Crippen molar-refractivity contribution in [2.75, 3.05) is 40.0 Å². The molecule has 0 spiro atoms. The number of morpholine rings is 1. The van der Waals surface area contributed by atoms with Crippen molar-refractivity contribution in [3.8, 4) is 11.5 Å². The minimum atomic E-state index is -4.54. The van der Waals surface area contributed by atoms with E-state index < -0.39 is 40.9 Å². The molecule has 3 heterocycles. The fourth-order valence-electron chi connectivity index (χ4n) is 6.72. The Morgan fingerprint density at radius 3 is 2.38 bits per heavy atom. The van der Waals surface area contributed by atoms with Crippen LogP contribution in [0.25, 0.3) is 0 Å². The topological polar surface area (TPSA) is 84.3 Å². The van der Waals surface area contributed by atoms with E-state index in [1.165, 1.54) is 31.6 Å². The predicted molar refractivity (Wildman–Crippen MR) is 134 cm³/mol. The van der Waals surface area contributed by atoms with E-state index in [4.69, 9.17) is 14.2 Å². The van der Waals surface area contributed by atoms with Crippen LogP contribution in [0.15, 0.2) is 67.0 Å². The minimum Gasteiger partial charge on any atom is -0.495 e. The molecule has 1 saturated heterocycles. The molecule has 10 heteroatoms. The SMILES string of the molecule is COc1cncc2c1[C@]1(O)[C@H](O)[C@H](CN3CCOCC3)[C@@H](c3ccccc3)[C@]1(c1ccc(C(F)(F)F)cc1)O2. The van der Waals surface area contributed by atoms with Gasteiger partial charge < -0.3 is 24.4 Å². The van der Waals surface area contributed by atoms with Crippen molar-refractivity contribution in [3.63, 3.8) is 0 Å². The maximum absolute atomic E-state index is 13.5. The van der Waals surface area contributed by atoms with E-state index in [0.717, 1.165) is 17.7 Å². The van der Waals surface area contributed by atoms with Crippen LogP contribution >= 0.6 is 0 Å². The lowest BCUT2D eigenvalue weighted by atomic mass is 9.70. The van der Waals surface area contributed by atoms with Gasteiger partial charge in [0, 0.05) is 31.5 Å². The van der Waals surface area contributed by atoms with Crippen LogP contribution in [0.5, 0.6) is 11.5 Å². The summed E-state index contributed by atoms with van der Waals surface area (Å²) >= 11 is 0. The summed E-state index contributed by atoms with van der Waals surface area (Å²) in [6.45, 7) is 2.82. The molecule has 0 amide bonds. The number of benzene rings is 2. The van der Waals surface area contributed by atoms with Crippen molar-refractivity contribution in [3.05, 3.63) is 89.2 Å². The Hall–Kier alpha value is -3.18. The summed E-state index contributed by atoms with van der Waals surface area (Å²) in [6.07, 6.45) is -3.02. The van der Waals surface area contributed by atoms with Crippen LogP contribution in [0.3, 0.4) is 0 Å². The van der Waals surface area contributed by atoms with E-state index >= 15 is 0 Å². The summed E-state index contributed by atoms with van der Waals surface area (Å²) in [7, 11) is 1.43. The second-order valence-corrected chi connectivity index (χ2v) is 10.3. The van der Waals surface area contributed by atoms with Gasteiger partial charge in [-0.15, -0.1) is 0 Å². The third-order valence-corrected chi connectivity index (χ3v) is 8.39. The number of ether oxygens (including phenoxy) is 3. The van der Waals surface area contributed by atoms with Crippen LogP contribution in [0.2, 0.25) is 0 Å². The third kappa shape index (κ3) is 3.84. The zero-order chi connectivity index (χ0) is 27.4. The van der Waals surface area contributed by atoms with Crippen molar-refractivity contribution in [1.82, 2.24) is 9.88 Å². The van der Waals surface area contributed by atoms with Crippen molar-refractivity contribution < 1.29 is 37.6 Å². The molecule has 3 aliphatic rings. The summed E-state index contributed by atoms with van der Waals surface area (Å²) in [5, 5.41) is 24.9. The second kappa shape index (κ2) is 9.48. The Bertz CT molecular complexity index is 1330. The highest BCUT2D eigenvalue weighted by Gasteiger charge is 2.76. The van der Waals surface area contributed by atoms with Crippen LogP contribution in [0.1, 0.15) is 28.2 Å². The number of hydrogen-bond donors (Lipinski definition) is 2. The average Bonchev–Trinajstić information content (AvgIpc) is 3.32. The van der Waals surface area contributed by atoms with Gasteiger partial charge in [-0.2, -0.15) is 13.2 Å². The molecule has 0 unspecified atom stereocenters. The fourth-order valence-corrected chi connectivity index (χ4v) is 6.72. The van der Waals surface area contributed by atoms with Gasteiger partial charge in [0.05, 0.1) is 49.9 Å². The Kier molecular flexibility index (Phi) is 6.33. The highest BCUT2D eigenvalue weighted by molar-refractivity contribution is 5.59. The number of halogens is 3. The molecule has 2 fully saturated rings. The van der Waals surface area contributed by atoms with Gasteiger partial charge in [0.1, 0.15) is 11.5 Å². The predicted octanol–water partition coefficient (Wildman–Crippen LogP) is 3.69. The molecular formula is C29H29F3N2O5. The lowest BCUT2D eigenvalue weighted by molar-refractivity contribution is -0.153. The standard InChI is InChI=1S/C29H29F3N2O5/c1-37-22-15-33-16-23-25(22)27(36)26(35)21(17-34-11-13-38-14-12-34)24(18-5-3-2-4-6-18)28(27,39-23)19-7-9-20(10-8-19)29(30,31)32/h2-10,15-16,21,24,26,35-36H,11-14,17H2,1H3/t21-,24-,26-,27+,28+/m1/s1. The van der Waals surface area contributed by atoms with E-state index in [9.17, 15) is 23.4 Å². The van der Waals surface area contributed by atoms with E-state index in [1.807, 2.05) is 30.3 Å². The van der Waals surface area contributed by atoms with Crippen LogP contribution in [0, 0.1) is 5.92 Å². The first-order valence-corrected chi connectivity index (χ1v) is 12.9. The van der Waals surface area contributed by atoms with Crippen molar-refractivity contribution in [1.29, 1.82) is 0 Å². The van der Waals surface area contributed by atoms with Gasteiger partial charge in [-0.3, -0.25) is 9.88 Å². The number of hydrogen-bond acceptors (Lipinski definition) is 7. The van der Waals surface area contributed by atoms with E-state index in [-0.39, 0.29) is 17.1 Å². The molecule has 3 aromatic rings. The Balaban J connectivity index is 1.60. The van der Waals surface area contributed by atoms with Gasteiger partial charge in [0.2, 0.25) is 0 Å². The molecule has 2 N–H and O–H groups in total. The summed E-state index contributed by atoms with van der Waals surface area (Å²) < 4.78 is 58.3. The zero-order valence-electron chi connectivity index (χ0n) is 21.3. The van der Waals surface area contributed by atoms with Gasteiger partial charge in [-0.05, 0) is 23.3 Å².